The predicted octanol–water partition coefficient (Wildman–Crippen LogP) is 2.51. The van der Waals surface area contributed by atoms with Gasteiger partial charge in [0.2, 0.25) is 0 Å². The maximum absolute atomic E-state index is 11.7. The summed E-state index contributed by atoms with van der Waals surface area (Å²) in [5.74, 6) is -0.332. The van der Waals surface area contributed by atoms with Crippen molar-refractivity contribution in [3.63, 3.8) is 0 Å². The first-order chi connectivity index (χ1) is 9.74. The Morgan fingerprint density at radius 1 is 1.25 bits per heavy atom. The van der Waals surface area contributed by atoms with Gasteiger partial charge in [-0.05, 0) is 24.6 Å². The fourth-order valence-corrected chi connectivity index (χ4v) is 1.92. The molecule has 0 radical (unpaired) electrons. The van der Waals surface area contributed by atoms with Gasteiger partial charge >= 0.3 is 5.97 Å². The quantitative estimate of drug-likeness (QED) is 0.624. The minimum absolute atomic E-state index is 0.332. The highest BCUT2D eigenvalue weighted by molar-refractivity contribution is 5.94. The van der Waals surface area contributed by atoms with Crippen molar-refractivity contribution in [2.45, 2.75) is 13.5 Å². The van der Waals surface area contributed by atoms with Crippen molar-refractivity contribution in [1.29, 1.82) is 0 Å². The summed E-state index contributed by atoms with van der Waals surface area (Å²) in [5.41, 5.74) is 2.42. The van der Waals surface area contributed by atoms with Crippen LogP contribution in [-0.2, 0) is 20.8 Å². The van der Waals surface area contributed by atoms with Crippen LogP contribution < -0.4 is 0 Å². The Labute approximate surface area is 117 Å². The highest BCUT2D eigenvalue weighted by Gasteiger charge is 2.10. The lowest BCUT2D eigenvalue weighted by Gasteiger charge is -2.03. The van der Waals surface area contributed by atoms with Crippen molar-refractivity contribution >= 4 is 16.9 Å². The van der Waals surface area contributed by atoms with Gasteiger partial charge in [0, 0.05) is 18.0 Å². The van der Waals surface area contributed by atoms with Gasteiger partial charge in [-0.2, -0.15) is 0 Å². The Kier molecular flexibility index (Phi) is 5.15. The number of H-pyrrole nitrogens is 1. The van der Waals surface area contributed by atoms with Crippen molar-refractivity contribution in [1.82, 2.24) is 4.98 Å². The van der Waals surface area contributed by atoms with Crippen LogP contribution in [0.4, 0.5) is 0 Å². The van der Waals surface area contributed by atoms with Crippen molar-refractivity contribution < 1.29 is 19.0 Å². The number of carbonyl (C=O) groups excluding carboxylic acids is 1. The molecule has 5 heteroatoms. The highest BCUT2D eigenvalue weighted by atomic mass is 16.5. The summed E-state index contributed by atoms with van der Waals surface area (Å²) in [6.45, 7) is 3.82. The normalized spacial score (nSPS) is 10.9. The first-order valence-electron chi connectivity index (χ1n) is 6.60. The molecule has 1 aromatic carbocycles. The fourth-order valence-electron chi connectivity index (χ4n) is 1.92. The number of esters is 1. The third-order valence-corrected chi connectivity index (χ3v) is 2.88. The number of aromatic nitrogens is 1. The number of hydrogen-bond donors (Lipinski definition) is 1. The minimum atomic E-state index is -0.332. The van der Waals surface area contributed by atoms with Crippen molar-refractivity contribution in [2.75, 3.05) is 26.9 Å². The number of hydrogen-bond acceptors (Lipinski definition) is 4. The van der Waals surface area contributed by atoms with Gasteiger partial charge in [0.15, 0.2) is 0 Å². The molecule has 0 unspecified atom stereocenters. The summed E-state index contributed by atoms with van der Waals surface area (Å²) in [6.07, 6.45) is 0. The zero-order chi connectivity index (χ0) is 14.4. The van der Waals surface area contributed by atoms with E-state index in [-0.39, 0.29) is 5.97 Å². The molecule has 1 N–H and O–H groups in total. The standard InChI is InChI=1S/C15H19NO4/c1-3-20-15(17)14-9-12-5-4-11(8-13(12)16-14)10-19-7-6-18-2/h4-5,8-9,16H,3,6-7,10H2,1-2H3. The number of ether oxygens (including phenoxy) is 3. The van der Waals surface area contributed by atoms with Crippen LogP contribution >= 0.6 is 0 Å². The number of rotatable bonds is 7. The van der Waals surface area contributed by atoms with Gasteiger partial charge in [0.05, 0.1) is 26.4 Å². The molecule has 0 aliphatic rings. The summed E-state index contributed by atoms with van der Waals surface area (Å²) >= 11 is 0. The van der Waals surface area contributed by atoms with Gasteiger partial charge in [0.25, 0.3) is 0 Å². The third-order valence-electron chi connectivity index (χ3n) is 2.88. The van der Waals surface area contributed by atoms with Gasteiger partial charge in [-0.3, -0.25) is 0 Å². The van der Waals surface area contributed by atoms with E-state index in [1.165, 1.54) is 0 Å². The molecule has 0 bridgehead atoms. The smallest absolute Gasteiger partial charge is 0.354 e. The Bertz CT molecular complexity index is 576. The molecule has 5 nitrogen and oxygen atoms in total. The summed E-state index contributed by atoms with van der Waals surface area (Å²) in [6, 6.07) is 7.72. The molecule has 20 heavy (non-hydrogen) atoms. The van der Waals surface area contributed by atoms with Crippen LogP contribution in [0.2, 0.25) is 0 Å². The average Bonchev–Trinajstić information content (AvgIpc) is 2.87. The van der Waals surface area contributed by atoms with E-state index >= 15 is 0 Å². The molecule has 1 aromatic heterocycles. The number of benzene rings is 1. The van der Waals surface area contributed by atoms with E-state index in [1.54, 1.807) is 20.1 Å². The molecule has 0 aliphatic carbocycles. The zero-order valence-corrected chi connectivity index (χ0v) is 11.8. The minimum Gasteiger partial charge on any atom is -0.461 e. The van der Waals surface area contributed by atoms with E-state index < -0.39 is 0 Å². The SMILES string of the molecule is CCOC(=O)c1cc2ccc(COCCOC)cc2[nH]1. The van der Waals surface area contributed by atoms with Crippen LogP contribution in [0, 0.1) is 0 Å². The summed E-state index contributed by atoms with van der Waals surface area (Å²) in [7, 11) is 1.64. The second-order valence-electron chi connectivity index (χ2n) is 4.37. The van der Waals surface area contributed by atoms with Gasteiger partial charge in [-0.15, -0.1) is 0 Å². The fraction of sp³-hybridized carbons (Fsp3) is 0.400. The Hall–Kier alpha value is -1.85. The van der Waals surface area contributed by atoms with E-state index in [0.29, 0.717) is 32.1 Å². The van der Waals surface area contributed by atoms with Gasteiger partial charge in [-0.25, -0.2) is 4.79 Å². The molecule has 0 fully saturated rings. The molecule has 0 spiro atoms. The molecule has 0 saturated carbocycles. The number of fused-ring (bicyclic) bond motifs is 1. The molecule has 2 rings (SSSR count). The molecular formula is C15H19NO4. The van der Waals surface area contributed by atoms with Gasteiger partial charge in [-0.1, -0.05) is 12.1 Å². The molecule has 0 saturated heterocycles. The van der Waals surface area contributed by atoms with E-state index in [9.17, 15) is 4.79 Å². The van der Waals surface area contributed by atoms with E-state index in [2.05, 4.69) is 4.98 Å². The van der Waals surface area contributed by atoms with Crippen molar-refractivity contribution in [3.8, 4) is 0 Å². The number of carbonyl (C=O) groups is 1. The summed E-state index contributed by atoms with van der Waals surface area (Å²) in [5, 5.41) is 0.980. The number of aromatic amines is 1. The van der Waals surface area contributed by atoms with Crippen LogP contribution in [0.15, 0.2) is 24.3 Å². The summed E-state index contributed by atoms with van der Waals surface area (Å²) < 4.78 is 15.4. The Morgan fingerprint density at radius 3 is 2.85 bits per heavy atom. The lowest BCUT2D eigenvalue weighted by atomic mass is 10.2. The van der Waals surface area contributed by atoms with Crippen LogP contribution in [0.1, 0.15) is 23.0 Å². The molecule has 0 aliphatic heterocycles. The second kappa shape index (κ2) is 7.07. The first-order valence-corrected chi connectivity index (χ1v) is 6.60. The zero-order valence-electron chi connectivity index (χ0n) is 11.8. The monoisotopic (exact) mass is 277 g/mol. The van der Waals surface area contributed by atoms with Crippen LogP contribution in [0.25, 0.3) is 10.9 Å². The Morgan fingerprint density at radius 2 is 2.10 bits per heavy atom. The average molecular weight is 277 g/mol. The topological polar surface area (TPSA) is 60.6 Å². The molecule has 0 atom stereocenters. The molecule has 2 aromatic rings. The van der Waals surface area contributed by atoms with Crippen LogP contribution in [0.5, 0.6) is 0 Å². The molecule has 1 heterocycles. The number of methoxy groups -OCH3 is 1. The first kappa shape index (κ1) is 14.6. The molecular weight excluding hydrogens is 258 g/mol. The predicted molar refractivity (Wildman–Crippen MR) is 75.8 cm³/mol. The second-order valence-corrected chi connectivity index (χ2v) is 4.37. The lowest BCUT2D eigenvalue weighted by molar-refractivity contribution is 0.0520. The third kappa shape index (κ3) is 3.59. The molecule has 0 amide bonds. The van der Waals surface area contributed by atoms with Crippen molar-refractivity contribution in [3.05, 3.63) is 35.5 Å². The largest absolute Gasteiger partial charge is 0.461 e. The maximum atomic E-state index is 11.7. The summed E-state index contributed by atoms with van der Waals surface area (Å²) in [4.78, 5) is 14.7. The molecule has 108 valence electrons. The van der Waals surface area contributed by atoms with E-state index in [0.717, 1.165) is 16.5 Å². The number of nitrogens with one attached hydrogen (secondary N) is 1. The van der Waals surface area contributed by atoms with E-state index in [4.69, 9.17) is 14.2 Å². The van der Waals surface area contributed by atoms with Gasteiger partial charge in [0.1, 0.15) is 5.69 Å². The van der Waals surface area contributed by atoms with Crippen LogP contribution in [-0.4, -0.2) is 37.9 Å². The van der Waals surface area contributed by atoms with Crippen LogP contribution in [0.3, 0.4) is 0 Å². The highest BCUT2D eigenvalue weighted by Crippen LogP contribution is 2.18. The van der Waals surface area contributed by atoms with E-state index in [1.807, 2.05) is 18.2 Å². The lowest BCUT2D eigenvalue weighted by Crippen LogP contribution is -2.04. The maximum Gasteiger partial charge on any atom is 0.354 e. The van der Waals surface area contributed by atoms with Crippen molar-refractivity contribution in [2.24, 2.45) is 0 Å². The van der Waals surface area contributed by atoms with Gasteiger partial charge < -0.3 is 19.2 Å². The Balaban J connectivity index is 2.07.